The Balaban J connectivity index is 1.98. The van der Waals surface area contributed by atoms with Crippen molar-refractivity contribution in [2.24, 2.45) is 0 Å². The average Bonchev–Trinajstić information content (AvgIpc) is 2.95. The SMILES string of the molecule is CCN1CN(C2CCCO2)c2ncnc(Cl)c21. The molecule has 92 valence electrons. The molecule has 0 spiro atoms. The molecule has 0 radical (unpaired) electrons. The first-order valence-corrected chi connectivity index (χ1v) is 6.32. The first-order valence-electron chi connectivity index (χ1n) is 5.95. The van der Waals surface area contributed by atoms with Crippen molar-refractivity contribution >= 4 is 23.1 Å². The van der Waals surface area contributed by atoms with E-state index in [-0.39, 0.29) is 6.23 Å². The van der Waals surface area contributed by atoms with Gasteiger partial charge in [0.25, 0.3) is 0 Å². The predicted molar refractivity (Wildman–Crippen MR) is 66.4 cm³/mol. The molecule has 1 saturated heterocycles. The Hall–Kier alpha value is -1.07. The van der Waals surface area contributed by atoms with Crippen molar-refractivity contribution in [1.82, 2.24) is 9.97 Å². The second-order valence-corrected chi connectivity index (χ2v) is 4.63. The smallest absolute Gasteiger partial charge is 0.160 e. The minimum atomic E-state index is 0.135. The monoisotopic (exact) mass is 254 g/mol. The third-order valence-electron chi connectivity index (χ3n) is 3.30. The van der Waals surface area contributed by atoms with E-state index < -0.39 is 0 Å². The van der Waals surface area contributed by atoms with Crippen LogP contribution >= 0.6 is 11.6 Å². The highest BCUT2D eigenvalue weighted by atomic mass is 35.5. The third kappa shape index (κ3) is 1.73. The minimum Gasteiger partial charge on any atom is -0.358 e. The van der Waals surface area contributed by atoms with Crippen LogP contribution in [-0.2, 0) is 4.74 Å². The fraction of sp³-hybridized carbons (Fsp3) is 0.636. The lowest BCUT2D eigenvalue weighted by Crippen LogP contribution is -2.38. The van der Waals surface area contributed by atoms with Crippen LogP contribution < -0.4 is 9.80 Å². The summed E-state index contributed by atoms with van der Waals surface area (Å²) in [6.07, 6.45) is 3.82. The molecule has 2 aliphatic heterocycles. The Kier molecular flexibility index (Phi) is 2.80. The molecular weight excluding hydrogens is 240 g/mol. The van der Waals surface area contributed by atoms with E-state index in [1.807, 2.05) is 0 Å². The van der Waals surface area contributed by atoms with Gasteiger partial charge in [-0.15, -0.1) is 0 Å². The number of fused-ring (bicyclic) bond motifs is 1. The predicted octanol–water partition coefficient (Wildman–Crippen LogP) is 1.87. The van der Waals surface area contributed by atoms with Crippen molar-refractivity contribution in [1.29, 1.82) is 0 Å². The van der Waals surface area contributed by atoms with E-state index in [2.05, 4.69) is 26.7 Å². The van der Waals surface area contributed by atoms with E-state index in [0.717, 1.165) is 44.2 Å². The number of aromatic nitrogens is 2. The molecule has 1 aromatic heterocycles. The highest BCUT2D eigenvalue weighted by Gasteiger charge is 2.35. The standard InChI is InChI=1S/C11H15ClN4O/c1-2-15-7-16(8-4-3-5-17-8)11-9(15)10(12)13-6-14-11/h6,8H,2-5,7H2,1H3. The zero-order valence-electron chi connectivity index (χ0n) is 9.77. The van der Waals surface area contributed by atoms with Gasteiger partial charge in [0.15, 0.2) is 11.0 Å². The summed E-state index contributed by atoms with van der Waals surface area (Å²) in [5.74, 6) is 0.902. The summed E-state index contributed by atoms with van der Waals surface area (Å²) in [6, 6.07) is 0. The second-order valence-electron chi connectivity index (χ2n) is 4.27. The molecule has 1 fully saturated rings. The minimum absolute atomic E-state index is 0.135. The second kappa shape index (κ2) is 4.31. The summed E-state index contributed by atoms with van der Waals surface area (Å²) in [5.41, 5.74) is 0.937. The normalized spacial score (nSPS) is 23.3. The Bertz CT molecular complexity index is 422. The highest BCUT2D eigenvalue weighted by molar-refractivity contribution is 6.32. The molecule has 0 saturated carbocycles. The summed E-state index contributed by atoms with van der Waals surface area (Å²) in [5, 5.41) is 0.525. The van der Waals surface area contributed by atoms with Crippen molar-refractivity contribution in [2.75, 3.05) is 29.6 Å². The molecule has 5 nitrogen and oxygen atoms in total. The largest absolute Gasteiger partial charge is 0.358 e. The van der Waals surface area contributed by atoms with E-state index in [9.17, 15) is 0 Å². The number of rotatable bonds is 2. The molecule has 2 aliphatic rings. The van der Waals surface area contributed by atoms with Crippen LogP contribution in [0.4, 0.5) is 11.5 Å². The Morgan fingerprint density at radius 2 is 2.41 bits per heavy atom. The van der Waals surface area contributed by atoms with Gasteiger partial charge in [0.1, 0.15) is 18.2 Å². The molecule has 0 aromatic carbocycles. The summed E-state index contributed by atoms with van der Waals surface area (Å²) >= 11 is 6.15. The van der Waals surface area contributed by atoms with Gasteiger partial charge in [0, 0.05) is 13.2 Å². The van der Waals surface area contributed by atoms with Crippen LogP contribution in [0.2, 0.25) is 5.15 Å². The van der Waals surface area contributed by atoms with Gasteiger partial charge in [0.2, 0.25) is 0 Å². The van der Waals surface area contributed by atoms with Crippen molar-refractivity contribution in [3.63, 3.8) is 0 Å². The maximum atomic E-state index is 6.15. The maximum absolute atomic E-state index is 6.15. The van der Waals surface area contributed by atoms with Crippen molar-refractivity contribution in [2.45, 2.75) is 26.0 Å². The van der Waals surface area contributed by atoms with Gasteiger partial charge in [-0.3, -0.25) is 0 Å². The van der Waals surface area contributed by atoms with Crippen LogP contribution in [-0.4, -0.2) is 36.0 Å². The van der Waals surface area contributed by atoms with Crippen LogP contribution in [0, 0.1) is 0 Å². The number of hydrogen-bond acceptors (Lipinski definition) is 5. The van der Waals surface area contributed by atoms with Crippen LogP contribution in [0.15, 0.2) is 6.33 Å². The topological polar surface area (TPSA) is 41.5 Å². The van der Waals surface area contributed by atoms with E-state index in [1.54, 1.807) is 0 Å². The molecule has 3 heterocycles. The fourth-order valence-corrected chi connectivity index (χ4v) is 2.69. The lowest BCUT2D eigenvalue weighted by Gasteiger charge is -2.25. The van der Waals surface area contributed by atoms with Crippen molar-refractivity contribution < 1.29 is 4.74 Å². The molecule has 0 bridgehead atoms. The van der Waals surface area contributed by atoms with E-state index in [0.29, 0.717) is 5.15 Å². The van der Waals surface area contributed by atoms with Gasteiger partial charge in [0.05, 0.1) is 6.67 Å². The lowest BCUT2D eigenvalue weighted by atomic mass is 10.3. The zero-order valence-corrected chi connectivity index (χ0v) is 10.5. The lowest BCUT2D eigenvalue weighted by molar-refractivity contribution is 0.108. The zero-order chi connectivity index (χ0) is 11.8. The molecular formula is C11H15ClN4O. The van der Waals surface area contributed by atoms with Crippen molar-refractivity contribution in [3.8, 4) is 0 Å². The van der Waals surface area contributed by atoms with E-state index >= 15 is 0 Å². The number of ether oxygens (including phenoxy) is 1. The van der Waals surface area contributed by atoms with Gasteiger partial charge in [-0.05, 0) is 19.8 Å². The van der Waals surface area contributed by atoms with Gasteiger partial charge in [-0.25, -0.2) is 9.97 Å². The summed E-state index contributed by atoms with van der Waals surface area (Å²) in [6.45, 7) is 4.62. The molecule has 0 aliphatic carbocycles. The fourth-order valence-electron chi connectivity index (χ4n) is 2.44. The Morgan fingerprint density at radius 1 is 1.53 bits per heavy atom. The number of halogens is 1. The number of nitrogens with zero attached hydrogens (tertiary/aromatic N) is 4. The van der Waals surface area contributed by atoms with Crippen LogP contribution in [0.5, 0.6) is 0 Å². The molecule has 0 amide bonds. The third-order valence-corrected chi connectivity index (χ3v) is 3.58. The number of anilines is 2. The molecule has 6 heteroatoms. The van der Waals surface area contributed by atoms with Gasteiger partial charge < -0.3 is 14.5 Å². The molecule has 1 aromatic rings. The first kappa shape index (κ1) is 11.0. The summed E-state index contributed by atoms with van der Waals surface area (Å²) in [7, 11) is 0. The Labute approximate surface area is 105 Å². The molecule has 3 rings (SSSR count). The average molecular weight is 255 g/mol. The van der Waals surface area contributed by atoms with Gasteiger partial charge in [-0.1, -0.05) is 11.6 Å². The van der Waals surface area contributed by atoms with Crippen LogP contribution in [0.1, 0.15) is 19.8 Å². The van der Waals surface area contributed by atoms with E-state index in [1.165, 1.54) is 6.33 Å². The summed E-state index contributed by atoms with van der Waals surface area (Å²) < 4.78 is 5.72. The quantitative estimate of drug-likeness (QED) is 0.754. The van der Waals surface area contributed by atoms with E-state index in [4.69, 9.17) is 16.3 Å². The first-order chi connectivity index (χ1) is 8.31. The molecule has 0 N–H and O–H groups in total. The Morgan fingerprint density at radius 3 is 3.12 bits per heavy atom. The van der Waals surface area contributed by atoms with Crippen molar-refractivity contribution in [3.05, 3.63) is 11.5 Å². The van der Waals surface area contributed by atoms with Gasteiger partial charge in [-0.2, -0.15) is 0 Å². The summed E-state index contributed by atoms with van der Waals surface area (Å²) in [4.78, 5) is 12.8. The highest BCUT2D eigenvalue weighted by Crippen LogP contribution is 2.40. The molecule has 1 unspecified atom stereocenters. The van der Waals surface area contributed by atoms with Crippen LogP contribution in [0.25, 0.3) is 0 Å². The molecule has 17 heavy (non-hydrogen) atoms. The number of hydrogen-bond donors (Lipinski definition) is 0. The van der Waals surface area contributed by atoms with Gasteiger partial charge >= 0.3 is 0 Å². The van der Waals surface area contributed by atoms with Crippen LogP contribution in [0.3, 0.4) is 0 Å². The maximum Gasteiger partial charge on any atom is 0.160 e. The molecule has 1 atom stereocenters.